The molecule has 0 saturated heterocycles. The largest absolute Gasteiger partial charge is 0.374 e. The zero-order valence-electron chi connectivity index (χ0n) is 9.30. The Balaban J connectivity index is 1.79. The van der Waals surface area contributed by atoms with Gasteiger partial charge in [0, 0.05) is 11.6 Å². The molecule has 1 aliphatic rings. The quantitative estimate of drug-likeness (QED) is 0.850. The summed E-state index contributed by atoms with van der Waals surface area (Å²) in [6.07, 6.45) is 2.38. The lowest BCUT2D eigenvalue weighted by molar-refractivity contribution is -0.119. The fourth-order valence-electron chi connectivity index (χ4n) is 1.45. The number of nitrogens with one attached hydrogen (secondary N) is 2. The van der Waals surface area contributed by atoms with E-state index in [2.05, 4.69) is 10.6 Å². The molecule has 3 nitrogen and oxygen atoms in total. The summed E-state index contributed by atoms with van der Waals surface area (Å²) in [6.45, 7) is 0.780. The van der Waals surface area contributed by atoms with E-state index in [1.807, 2.05) is 0 Å². The second kappa shape index (κ2) is 5.36. The van der Waals surface area contributed by atoms with Crippen LogP contribution in [0.15, 0.2) is 18.2 Å². The fraction of sp³-hybridized carbons (Fsp3) is 0.417. The van der Waals surface area contributed by atoms with Gasteiger partial charge in [0.25, 0.3) is 0 Å². The topological polar surface area (TPSA) is 41.1 Å². The molecule has 92 valence electrons. The Hall–Kier alpha value is -1.29. The number of rotatable bonds is 5. The van der Waals surface area contributed by atoms with Crippen LogP contribution in [0.5, 0.6) is 0 Å². The highest BCUT2D eigenvalue weighted by molar-refractivity contribution is 6.30. The second-order valence-corrected chi connectivity index (χ2v) is 4.66. The molecule has 5 heteroatoms. The molecule has 17 heavy (non-hydrogen) atoms. The number of amides is 1. The van der Waals surface area contributed by atoms with Gasteiger partial charge in [-0.3, -0.25) is 4.79 Å². The van der Waals surface area contributed by atoms with E-state index in [4.69, 9.17) is 11.6 Å². The van der Waals surface area contributed by atoms with Crippen molar-refractivity contribution < 1.29 is 9.18 Å². The molecule has 2 N–H and O–H groups in total. The van der Waals surface area contributed by atoms with Crippen molar-refractivity contribution in [1.82, 2.24) is 5.32 Å². The Labute approximate surface area is 104 Å². The second-order valence-electron chi connectivity index (χ2n) is 4.23. The molecular weight excluding hydrogens is 243 g/mol. The maximum Gasteiger partial charge on any atom is 0.239 e. The Morgan fingerprint density at radius 1 is 1.47 bits per heavy atom. The van der Waals surface area contributed by atoms with Gasteiger partial charge in [-0.25, -0.2) is 4.39 Å². The number of anilines is 1. The zero-order valence-corrected chi connectivity index (χ0v) is 10.1. The molecule has 1 amide bonds. The maximum absolute atomic E-state index is 13.3. The van der Waals surface area contributed by atoms with E-state index < -0.39 is 5.82 Å². The first-order chi connectivity index (χ1) is 8.15. The molecule has 0 radical (unpaired) electrons. The van der Waals surface area contributed by atoms with Crippen LogP contribution >= 0.6 is 11.6 Å². The predicted molar refractivity (Wildman–Crippen MR) is 65.6 cm³/mol. The van der Waals surface area contributed by atoms with Crippen molar-refractivity contribution in [1.29, 1.82) is 0 Å². The predicted octanol–water partition coefficient (Wildman–Crippen LogP) is 2.42. The van der Waals surface area contributed by atoms with Crippen molar-refractivity contribution in [3.05, 3.63) is 29.0 Å². The number of benzene rings is 1. The lowest BCUT2D eigenvalue weighted by Crippen LogP contribution is -2.31. The minimum Gasteiger partial charge on any atom is -0.374 e. The summed E-state index contributed by atoms with van der Waals surface area (Å²) >= 11 is 5.74. The molecule has 0 bridgehead atoms. The third kappa shape index (κ3) is 3.89. The lowest BCUT2D eigenvalue weighted by Gasteiger charge is -2.08. The van der Waals surface area contributed by atoms with Crippen molar-refractivity contribution in [2.24, 2.45) is 5.92 Å². The highest BCUT2D eigenvalue weighted by Gasteiger charge is 2.21. The van der Waals surface area contributed by atoms with Crippen LogP contribution in [0, 0.1) is 11.7 Å². The zero-order chi connectivity index (χ0) is 12.3. The summed E-state index contributed by atoms with van der Waals surface area (Å²) in [7, 11) is 0. The first-order valence-corrected chi connectivity index (χ1v) is 5.98. The van der Waals surface area contributed by atoms with E-state index >= 15 is 0 Å². The average Bonchev–Trinajstić information content (AvgIpc) is 3.11. The number of carbonyl (C=O) groups is 1. The van der Waals surface area contributed by atoms with E-state index in [1.54, 1.807) is 0 Å². The highest BCUT2D eigenvalue weighted by atomic mass is 35.5. The van der Waals surface area contributed by atoms with Crippen LogP contribution in [0.3, 0.4) is 0 Å². The van der Waals surface area contributed by atoms with Crippen LogP contribution < -0.4 is 10.6 Å². The molecule has 1 aromatic rings. The summed E-state index contributed by atoms with van der Waals surface area (Å²) in [6, 6.07) is 4.20. The minimum atomic E-state index is -0.413. The van der Waals surface area contributed by atoms with Crippen LogP contribution in [0.2, 0.25) is 5.02 Å². The van der Waals surface area contributed by atoms with Crippen LogP contribution in [0.1, 0.15) is 12.8 Å². The molecule has 1 saturated carbocycles. The monoisotopic (exact) mass is 256 g/mol. The normalized spacial score (nSPS) is 14.5. The highest BCUT2D eigenvalue weighted by Crippen LogP contribution is 2.27. The summed E-state index contributed by atoms with van der Waals surface area (Å²) < 4.78 is 13.3. The number of hydrogen-bond donors (Lipinski definition) is 2. The molecule has 0 unspecified atom stereocenters. The first kappa shape index (κ1) is 12.2. The molecule has 1 fully saturated rings. The van der Waals surface area contributed by atoms with Crippen molar-refractivity contribution in [2.45, 2.75) is 12.8 Å². The Kier molecular flexibility index (Phi) is 3.84. The van der Waals surface area contributed by atoms with Gasteiger partial charge in [0.2, 0.25) is 5.91 Å². The van der Waals surface area contributed by atoms with Gasteiger partial charge >= 0.3 is 0 Å². The molecule has 2 rings (SSSR count). The van der Waals surface area contributed by atoms with Gasteiger partial charge in [0.1, 0.15) is 5.82 Å². The van der Waals surface area contributed by atoms with Crippen molar-refractivity contribution in [3.8, 4) is 0 Å². The van der Waals surface area contributed by atoms with E-state index in [0.717, 1.165) is 6.54 Å². The van der Waals surface area contributed by atoms with Crippen LogP contribution in [-0.4, -0.2) is 19.0 Å². The third-order valence-corrected chi connectivity index (χ3v) is 2.89. The standard InChI is InChI=1S/C12H14ClFN2O/c13-9-3-4-10(14)11(5-9)15-7-12(17)16-6-8-1-2-8/h3-5,8,15H,1-2,6-7H2,(H,16,17). The SMILES string of the molecule is O=C(CNc1cc(Cl)ccc1F)NCC1CC1. The molecule has 0 aliphatic heterocycles. The fourth-order valence-corrected chi connectivity index (χ4v) is 1.62. The Morgan fingerprint density at radius 2 is 2.24 bits per heavy atom. The van der Waals surface area contributed by atoms with E-state index in [-0.39, 0.29) is 18.1 Å². The number of halogens is 2. The molecule has 1 aliphatic carbocycles. The van der Waals surface area contributed by atoms with E-state index in [0.29, 0.717) is 10.9 Å². The summed E-state index contributed by atoms with van der Waals surface area (Å²) in [5, 5.41) is 5.96. The van der Waals surface area contributed by atoms with E-state index in [1.165, 1.54) is 31.0 Å². The lowest BCUT2D eigenvalue weighted by atomic mass is 10.3. The van der Waals surface area contributed by atoms with Gasteiger partial charge < -0.3 is 10.6 Å². The average molecular weight is 257 g/mol. The molecule has 0 heterocycles. The van der Waals surface area contributed by atoms with Crippen molar-refractivity contribution >= 4 is 23.2 Å². The minimum absolute atomic E-state index is 0.0595. The van der Waals surface area contributed by atoms with Crippen molar-refractivity contribution in [3.63, 3.8) is 0 Å². The third-order valence-electron chi connectivity index (χ3n) is 2.65. The van der Waals surface area contributed by atoms with Crippen LogP contribution in [-0.2, 0) is 4.79 Å². The van der Waals surface area contributed by atoms with Crippen LogP contribution in [0.25, 0.3) is 0 Å². The maximum atomic E-state index is 13.3. The Bertz CT molecular complexity index is 421. The van der Waals surface area contributed by atoms with Gasteiger partial charge in [-0.1, -0.05) is 11.6 Å². The van der Waals surface area contributed by atoms with Gasteiger partial charge in [0.15, 0.2) is 0 Å². The summed E-state index contributed by atoms with van der Waals surface area (Å²) in [5.74, 6) is 0.0996. The van der Waals surface area contributed by atoms with E-state index in [9.17, 15) is 9.18 Å². The van der Waals surface area contributed by atoms with Crippen molar-refractivity contribution in [2.75, 3.05) is 18.4 Å². The van der Waals surface area contributed by atoms with Gasteiger partial charge in [-0.15, -0.1) is 0 Å². The smallest absolute Gasteiger partial charge is 0.239 e. The van der Waals surface area contributed by atoms with Crippen LogP contribution in [0.4, 0.5) is 10.1 Å². The van der Waals surface area contributed by atoms with Gasteiger partial charge in [-0.2, -0.15) is 0 Å². The summed E-state index contributed by atoms with van der Waals surface area (Å²) in [5.41, 5.74) is 0.249. The molecule has 0 spiro atoms. The molecular formula is C12H14ClFN2O. The van der Waals surface area contributed by atoms with Gasteiger partial charge in [0.05, 0.1) is 12.2 Å². The van der Waals surface area contributed by atoms with Gasteiger partial charge in [-0.05, 0) is 37.0 Å². The molecule has 0 atom stereocenters. The molecule has 1 aromatic carbocycles. The number of carbonyl (C=O) groups excluding carboxylic acids is 1. The summed E-state index contributed by atoms with van der Waals surface area (Å²) in [4.78, 5) is 11.4. The first-order valence-electron chi connectivity index (χ1n) is 5.61. The number of hydrogen-bond acceptors (Lipinski definition) is 2. The molecule has 0 aromatic heterocycles. The Morgan fingerprint density at radius 3 is 2.94 bits per heavy atom.